The average Bonchev–Trinajstić information content (AvgIpc) is 2.85. The van der Waals surface area contributed by atoms with Crippen molar-refractivity contribution in [3.05, 3.63) is 60.6 Å². The summed E-state index contributed by atoms with van der Waals surface area (Å²) in [6.45, 7) is -0.313. The Labute approximate surface area is 138 Å². The maximum Gasteiger partial charge on any atom is 0.277 e. The molecule has 1 aromatic heterocycles. The molecule has 2 heterocycles. The lowest BCUT2D eigenvalue weighted by Gasteiger charge is -2.15. The molecule has 0 saturated carbocycles. The van der Waals surface area contributed by atoms with Crippen LogP contribution in [0.2, 0.25) is 0 Å². The maximum absolute atomic E-state index is 12.2. The minimum atomic E-state index is -0.481. The van der Waals surface area contributed by atoms with Crippen molar-refractivity contribution in [3.63, 3.8) is 0 Å². The monoisotopic (exact) mass is 325 g/mol. The van der Waals surface area contributed by atoms with Crippen LogP contribution in [0.5, 0.6) is 11.5 Å². The summed E-state index contributed by atoms with van der Waals surface area (Å²) in [5.74, 6) is 0.108. The lowest BCUT2D eigenvalue weighted by molar-refractivity contribution is -0.137. The summed E-state index contributed by atoms with van der Waals surface area (Å²) in [6.07, 6.45) is 4.42. The van der Waals surface area contributed by atoms with Gasteiger partial charge in [0.15, 0.2) is 5.75 Å². The number of carbonyl (C=O) groups is 2. The number of hydrogen-bond acceptors (Lipinski definition) is 6. The van der Waals surface area contributed by atoms with E-state index in [0.29, 0.717) is 17.2 Å². The molecular formula is C17H15N3O4. The number of aliphatic hydroxyl groups is 1. The molecule has 1 aliphatic heterocycles. The van der Waals surface area contributed by atoms with Crippen molar-refractivity contribution in [1.82, 2.24) is 9.88 Å². The van der Waals surface area contributed by atoms with E-state index in [9.17, 15) is 9.59 Å². The fourth-order valence-electron chi connectivity index (χ4n) is 2.25. The van der Waals surface area contributed by atoms with Crippen molar-refractivity contribution >= 4 is 17.5 Å². The van der Waals surface area contributed by atoms with Crippen LogP contribution in [0.3, 0.4) is 0 Å². The molecule has 0 saturated heterocycles. The van der Waals surface area contributed by atoms with Crippen LogP contribution in [0.4, 0.5) is 5.69 Å². The molecule has 0 atom stereocenters. The van der Waals surface area contributed by atoms with E-state index in [2.05, 4.69) is 10.3 Å². The first-order valence-electron chi connectivity index (χ1n) is 7.31. The Morgan fingerprint density at radius 1 is 1.17 bits per heavy atom. The van der Waals surface area contributed by atoms with Gasteiger partial charge in [-0.05, 0) is 24.3 Å². The van der Waals surface area contributed by atoms with E-state index in [0.717, 1.165) is 4.90 Å². The Bertz CT molecular complexity index is 789. The molecule has 0 aliphatic carbocycles. The highest BCUT2D eigenvalue weighted by Crippen LogP contribution is 2.30. The van der Waals surface area contributed by atoms with Gasteiger partial charge in [0.25, 0.3) is 11.8 Å². The van der Waals surface area contributed by atoms with Crippen molar-refractivity contribution < 1.29 is 19.4 Å². The standard InChI is InChI=1S/C17H15N3O4/c21-9-8-20-16(22)10-14(17(20)23)19-13-5-1-2-6-15(13)24-12-4-3-7-18-11-12/h1-7,10-11,19,21H,8-9H2. The zero-order valence-electron chi connectivity index (χ0n) is 12.7. The zero-order valence-corrected chi connectivity index (χ0v) is 12.7. The molecule has 2 amide bonds. The minimum absolute atomic E-state index is 0.0345. The third-order valence-electron chi connectivity index (χ3n) is 3.35. The number of nitrogens with one attached hydrogen (secondary N) is 1. The highest BCUT2D eigenvalue weighted by molar-refractivity contribution is 6.17. The van der Waals surface area contributed by atoms with E-state index < -0.39 is 11.8 Å². The van der Waals surface area contributed by atoms with Crippen molar-refractivity contribution in [2.24, 2.45) is 0 Å². The van der Waals surface area contributed by atoms with Gasteiger partial charge in [0, 0.05) is 12.3 Å². The Hall–Kier alpha value is -3.19. The Morgan fingerprint density at radius 2 is 2.00 bits per heavy atom. The molecule has 122 valence electrons. The summed E-state index contributed by atoms with van der Waals surface area (Å²) in [5.41, 5.74) is 0.676. The zero-order chi connectivity index (χ0) is 16.9. The summed E-state index contributed by atoms with van der Waals surface area (Å²) in [7, 11) is 0. The number of hydrogen-bond donors (Lipinski definition) is 2. The third kappa shape index (κ3) is 3.26. The number of rotatable bonds is 6. The van der Waals surface area contributed by atoms with E-state index in [-0.39, 0.29) is 18.8 Å². The van der Waals surface area contributed by atoms with Gasteiger partial charge in [0.2, 0.25) is 0 Å². The first kappa shape index (κ1) is 15.7. The molecule has 2 aromatic rings. The predicted molar refractivity (Wildman–Crippen MR) is 86.3 cm³/mol. The van der Waals surface area contributed by atoms with Gasteiger partial charge < -0.3 is 15.2 Å². The number of β-amino-alcohol motifs (C(OH)–C–C–N with tert-alkyl or cyclic N) is 1. The van der Waals surface area contributed by atoms with Gasteiger partial charge in [0.1, 0.15) is 11.4 Å². The summed E-state index contributed by atoms with van der Waals surface area (Å²) in [5, 5.41) is 11.9. The number of aromatic nitrogens is 1. The van der Waals surface area contributed by atoms with Crippen LogP contribution < -0.4 is 10.1 Å². The quantitative estimate of drug-likeness (QED) is 0.783. The number of imide groups is 1. The fraction of sp³-hybridized carbons (Fsp3) is 0.118. The van der Waals surface area contributed by atoms with Gasteiger partial charge in [-0.15, -0.1) is 0 Å². The minimum Gasteiger partial charge on any atom is -0.454 e. The number of aliphatic hydroxyl groups excluding tert-OH is 1. The summed E-state index contributed by atoms with van der Waals surface area (Å²) in [6, 6.07) is 10.6. The van der Waals surface area contributed by atoms with E-state index in [4.69, 9.17) is 9.84 Å². The summed E-state index contributed by atoms with van der Waals surface area (Å²) >= 11 is 0. The molecule has 7 nitrogen and oxygen atoms in total. The molecule has 1 aliphatic rings. The molecule has 1 aromatic carbocycles. The number of carbonyl (C=O) groups excluding carboxylic acids is 2. The molecule has 0 spiro atoms. The number of benzene rings is 1. The van der Waals surface area contributed by atoms with Gasteiger partial charge >= 0.3 is 0 Å². The van der Waals surface area contributed by atoms with Gasteiger partial charge in [-0.2, -0.15) is 0 Å². The molecule has 0 fully saturated rings. The van der Waals surface area contributed by atoms with Crippen LogP contribution in [0.15, 0.2) is 60.6 Å². The fourth-order valence-corrected chi connectivity index (χ4v) is 2.25. The molecular weight excluding hydrogens is 310 g/mol. The van der Waals surface area contributed by atoms with Gasteiger partial charge in [-0.25, -0.2) is 0 Å². The molecule has 0 radical (unpaired) electrons. The SMILES string of the molecule is O=C1C=C(Nc2ccccc2Oc2cccnc2)C(=O)N1CCO. The predicted octanol–water partition coefficient (Wildman–Crippen LogP) is 1.53. The van der Waals surface area contributed by atoms with Crippen molar-refractivity contribution in [1.29, 1.82) is 0 Å². The number of para-hydroxylation sites is 2. The van der Waals surface area contributed by atoms with E-state index in [1.54, 1.807) is 48.8 Å². The van der Waals surface area contributed by atoms with Crippen LogP contribution in [-0.2, 0) is 9.59 Å². The number of nitrogens with zero attached hydrogens (tertiary/aromatic N) is 2. The van der Waals surface area contributed by atoms with Gasteiger partial charge in [-0.3, -0.25) is 19.5 Å². The number of amides is 2. The highest BCUT2D eigenvalue weighted by atomic mass is 16.5. The van der Waals surface area contributed by atoms with Crippen molar-refractivity contribution in [3.8, 4) is 11.5 Å². The van der Waals surface area contributed by atoms with Gasteiger partial charge in [0.05, 0.1) is 25.0 Å². The van der Waals surface area contributed by atoms with Crippen LogP contribution in [0, 0.1) is 0 Å². The summed E-state index contributed by atoms with van der Waals surface area (Å²) in [4.78, 5) is 28.9. The van der Waals surface area contributed by atoms with Crippen LogP contribution in [0.1, 0.15) is 0 Å². The molecule has 2 N–H and O–H groups in total. The molecule has 3 rings (SSSR count). The Kier molecular flexibility index (Phi) is 4.53. The first-order valence-corrected chi connectivity index (χ1v) is 7.31. The number of ether oxygens (including phenoxy) is 1. The third-order valence-corrected chi connectivity index (χ3v) is 3.35. The second-order valence-electron chi connectivity index (χ2n) is 4.99. The second kappa shape index (κ2) is 6.93. The number of anilines is 1. The lowest BCUT2D eigenvalue weighted by Crippen LogP contribution is -2.34. The van der Waals surface area contributed by atoms with Crippen molar-refractivity contribution in [2.75, 3.05) is 18.5 Å². The van der Waals surface area contributed by atoms with E-state index in [1.807, 2.05) is 0 Å². The van der Waals surface area contributed by atoms with Crippen LogP contribution in [0.25, 0.3) is 0 Å². The Balaban J connectivity index is 1.80. The van der Waals surface area contributed by atoms with Gasteiger partial charge in [-0.1, -0.05) is 12.1 Å². The average molecular weight is 325 g/mol. The number of pyridine rings is 1. The largest absolute Gasteiger partial charge is 0.454 e. The topological polar surface area (TPSA) is 91.8 Å². The second-order valence-corrected chi connectivity index (χ2v) is 4.99. The molecule has 0 bridgehead atoms. The normalized spacial score (nSPS) is 13.9. The highest BCUT2D eigenvalue weighted by Gasteiger charge is 2.30. The molecule has 0 unspecified atom stereocenters. The summed E-state index contributed by atoms with van der Waals surface area (Å²) < 4.78 is 5.75. The van der Waals surface area contributed by atoms with E-state index >= 15 is 0 Å². The molecule has 7 heteroatoms. The van der Waals surface area contributed by atoms with Crippen molar-refractivity contribution in [2.45, 2.75) is 0 Å². The first-order chi connectivity index (χ1) is 11.7. The van der Waals surface area contributed by atoms with Crippen LogP contribution in [-0.4, -0.2) is 40.0 Å². The van der Waals surface area contributed by atoms with E-state index in [1.165, 1.54) is 6.08 Å². The Morgan fingerprint density at radius 3 is 2.75 bits per heavy atom. The van der Waals surface area contributed by atoms with Crippen LogP contribution >= 0.6 is 0 Å². The smallest absolute Gasteiger partial charge is 0.277 e. The molecule has 24 heavy (non-hydrogen) atoms. The maximum atomic E-state index is 12.2. The lowest BCUT2D eigenvalue weighted by atomic mass is 10.2.